The van der Waals surface area contributed by atoms with Gasteiger partial charge in [0.1, 0.15) is 0 Å². The first-order chi connectivity index (χ1) is 9.15. The summed E-state index contributed by atoms with van der Waals surface area (Å²) in [5.74, 6) is 0.901. The Labute approximate surface area is 141 Å². The van der Waals surface area contributed by atoms with Crippen molar-refractivity contribution in [3.05, 3.63) is 0 Å². The van der Waals surface area contributed by atoms with Crippen LogP contribution < -0.4 is 10.6 Å². The summed E-state index contributed by atoms with van der Waals surface area (Å²) in [6, 6.07) is 0.591. The van der Waals surface area contributed by atoms with Gasteiger partial charge in [-0.1, -0.05) is 6.92 Å². The number of guanidine groups is 1. The topological polar surface area (TPSA) is 48.9 Å². The van der Waals surface area contributed by atoms with Crippen LogP contribution >= 0.6 is 24.0 Å². The molecule has 5 nitrogen and oxygen atoms in total. The smallest absolute Gasteiger partial charge is 0.191 e. The van der Waals surface area contributed by atoms with Gasteiger partial charge in [0.05, 0.1) is 0 Å². The van der Waals surface area contributed by atoms with E-state index in [2.05, 4.69) is 48.2 Å². The lowest BCUT2D eigenvalue weighted by molar-refractivity contribution is 0.197. The summed E-state index contributed by atoms with van der Waals surface area (Å²) in [5.41, 5.74) is 0. The Kier molecular flexibility index (Phi) is 17.0. The lowest BCUT2D eigenvalue weighted by Crippen LogP contribution is -2.43. The number of hydrogen-bond donors (Lipinski definition) is 2. The Morgan fingerprint density at radius 1 is 1.25 bits per heavy atom. The number of nitrogens with zero attached hydrogens (tertiary/aromatic N) is 2. The molecular formula is C14H33IN4O. The summed E-state index contributed by atoms with van der Waals surface area (Å²) in [6.45, 7) is 14.2. The van der Waals surface area contributed by atoms with E-state index in [9.17, 15) is 0 Å². The zero-order valence-electron chi connectivity index (χ0n) is 13.7. The monoisotopic (exact) mass is 400 g/mol. The number of aliphatic imine (C=N–C) groups is 1. The van der Waals surface area contributed by atoms with Crippen molar-refractivity contribution in [3.8, 4) is 0 Å². The zero-order valence-corrected chi connectivity index (χ0v) is 16.1. The third-order valence-electron chi connectivity index (χ3n) is 2.95. The summed E-state index contributed by atoms with van der Waals surface area (Å²) in [6.07, 6.45) is 0.958. The normalized spacial score (nSPS) is 11.7. The van der Waals surface area contributed by atoms with Crippen molar-refractivity contribution in [2.24, 2.45) is 4.99 Å². The highest BCUT2D eigenvalue weighted by Crippen LogP contribution is 1.95. The molecule has 2 N–H and O–H groups in total. The molecule has 0 spiro atoms. The molecule has 0 saturated heterocycles. The minimum atomic E-state index is 0. The van der Waals surface area contributed by atoms with E-state index in [0.717, 1.165) is 51.7 Å². The fourth-order valence-electron chi connectivity index (χ4n) is 1.84. The number of likely N-dealkylation sites (N-methyl/N-ethyl adjacent to an activating group) is 1. The van der Waals surface area contributed by atoms with Gasteiger partial charge in [-0.3, -0.25) is 9.89 Å². The van der Waals surface area contributed by atoms with Gasteiger partial charge in [0.2, 0.25) is 0 Å². The molecule has 0 heterocycles. The van der Waals surface area contributed by atoms with Crippen molar-refractivity contribution in [2.45, 2.75) is 40.2 Å². The molecule has 0 rings (SSSR count). The molecule has 0 aromatic heterocycles. The second-order valence-corrected chi connectivity index (χ2v) is 4.76. The van der Waals surface area contributed by atoms with Gasteiger partial charge >= 0.3 is 0 Å². The third kappa shape index (κ3) is 11.7. The fourth-order valence-corrected chi connectivity index (χ4v) is 1.84. The molecule has 0 atom stereocenters. The van der Waals surface area contributed by atoms with Crippen molar-refractivity contribution in [1.29, 1.82) is 0 Å². The molecule has 0 aliphatic carbocycles. The van der Waals surface area contributed by atoms with Gasteiger partial charge in [0.15, 0.2) is 5.96 Å². The quantitative estimate of drug-likeness (QED) is 0.255. The van der Waals surface area contributed by atoms with E-state index in [1.165, 1.54) is 0 Å². The van der Waals surface area contributed by atoms with Gasteiger partial charge in [-0.25, -0.2) is 0 Å². The van der Waals surface area contributed by atoms with Crippen LogP contribution in [0.25, 0.3) is 0 Å². The third-order valence-corrected chi connectivity index (χ3v) is 2.95. The number of halogens is 1. The molecule has 122 valence electrons. The Hall–Kier alpha value is -0.0800. The van der Waals surface area contributed by atoms with Gasteiger partial charge in [-0.05, 0) is 33.7 Å². The van der Waals surface area contributed by atoms with Crippen LogP contribution in [-0.4, -0.2) is 63.3 Å². The molecule has 0 aromatic rings. The van der Waals surface area contributed by atoms with E-state index in [-0.39, 0.29) is 24.0 Å². The fraction of sp³-hybridized carbons (Fsp3) is 0.929. The second-order valence-electron chi connectivity index (χ2n) is 4.76. The molecule has 6 heteroatoms. The van der Waals surface area contributed by atoms with Gasteiger partial charge in [-0.15, -0.1) is 24.0 Å². The van der Waals surface area contributed by atoms with Gasteiger partial charge in [-0.2, -0.15) is 0 Å². The summed E-state index contributed by atoms with van der Waals surface area (Å²) < 4.78 is 5.02. The Morgan fingerprint density at radius 3 is 2.45 bits per heavy atom. The zero-order chi connectivity index (χ0) is 14.5. The van der Waals surface area contributed by atoms with Crippen LogP contribution in [0.15, 0.2) is 4.99 Å². The molecule has 0 radical (unpaired) electrons. The molecule has 0 bridgehead atoms. The minimum Gasteiger partial charge on any atom is -0.385 e. The van der Waals surface area contributed by atoms with Crippen molar-refractivity contribution >= 4 is 29.9 Å². The van der Waals surface area contributed by atoms with Gasteiger partial charge in [0, 0.05) is 45.9 Å². The van der Waals surface area contributed by atoms with Crippen molar-refractivity contribution < 1.29 is 4.74 Å². The van der Waals surface area contributed by atoms with Crippen molar-refractivity contribution in [2.75, 3.05) is 46.4 Å². The van der Waals surface area contributed by atoms with Crippen LogP contribution in [-0.2, 0) is 4.74 Å². The molecule has 0 amide bonds. The number of ether oxygens (including phenoxy) is 1. The molecule has 0 aliphatic rings. The standard InChI is InChI=1S/C14H32N4O.HI/c1-6-15-14(16-9-8-12-19-5)17-10-11-18(7-2)13(3)4;/h13H,6-12H2,1-5H3,(H2,15,16,17);1H. The second kappa shape index (κ2) is 15.3. The molecular weight excluding hydrogens is 367 g/mol. The van der Waals surface area contributed by atoms with Crippen LogP contribution in [0.5, 0.6) is 0 Å². The first kappa shape index (κ1) is 22.2. The number of rotatable bonds is 10. The van der Waals surface area contributed by atoms with E-state index < -0.39 is 0 Å². The van der Waals surface area contributed by atoms with E-state index in [0.29, 0.717) is 6.04 Å². The lowest BCUT2D eigenvalue weighted by atomic mass is 10.3. The Bertz CT molecular complexity index is 237. The van der Waals surface area contributed by atoms with Crippen LogP contribution in [0.2, 0.25) is 0 Å². The number of nitrogens with one attached hydrogen (secondary N) is 2. The number of methoxy groups -OCH3 is 1. The molecule has 0 fully saturated rings. The summed E-state index contributed by atoms with van der Waals surface area (Å²) in [4.78, 5) is 6.95. The summed E-state index contributed by atoms with van der Waals surface area (Å²) >= 11 is 0. The largest absolute Gasteiger partial charge is 0.385 e. The predicted molar refractivity (Wildman–Crippen MR) is 98.3 cm³/mol. The maximum absolute atomic E-state index is 5.02. The maximum Gasteiger partial charge on any atom is 0.191 e. The Balaban J connectivity index is 0. The van der Waals surface area contributed by atoms with Crippen LogP contribution in [0.1, 0.15) is 34.1 Å². The average molecular weight is 400 g/mol. The molecule has 0 aromatic carbocycles. The van der Waals surface area contributed by atoms with Gasteiger partial charge in [0.25, 0.3) is 0 Å². The lowest BCUT2D eigenvalue weighted by Gasteiger charge is -2.25. The van der Waals surface area contributed by atoms with E-state index >= 15 is 0 Å². The molecule has 20 heavy (non-hydrogen) atoms. The molecule has 0 aliphatic heterocycles. The van der Waals surface area contributed by atoms with Gasteiger partial charge < -0.3 is 15.4 Å². The van der Waals surface area contributed by atoms with Crippen molar-refractivity contribution in [1.82, 2.24) is 15.5 Å². The minimum absolute atomic E-state index is 0. The van der Waals surface area contributed by atoms with E-state index in [4.69, 9.17) is 4.74 Å². The maximum atomic E-state index is 5.02. The number of hydrogen-bond acceptors (Lipinski definition) is 3. The van der Waals surface area contributed by atoms with E-state index in [1.807, 2.05) is 0 Å². The predicted octanol–water partition coefficient (Wildman–Crippen LogP) is 1.93. The molecule has 0 unspecified atom stereocenters. The van der Waals surface area contributed by atoms with Crippen LogP contribution in [0, 0.1) is 0 Å². The molecule has 0 saturated carbocycles. The highest BCUT2D eigenvalue weighted by atomic mass is 127. The first-order valence-corrected chi connectivity index (χ1v) is 7.40. The SMILES string of the molecule is CCNC(=NCCCOC)NCCN(CC)C(C)C.I. The summed E-state index contributed by atoms with van der Waals surface area (Å²) in [5, 5.41) is 6.63. The Morgan fingerprint density at radius 2 is 1.95 bits per heavy atom. The van der Waals surface area contributed by atoms with Crippen LogP contribution in [0.4, 0.5) is 0 Å². The van der Waals surface area contributed by atoms with Crippen LogP contribution in [0.3, 0.4) is 0 Å². The summed E-state index contributed by atoms with van der Waals surface area (Å²) in [7, 11) is 1.72. The van der Waals surface area contributed by atoms with Crippen molar-refractivity contribution in [3.63, 3.8) is 0 Å². The van der Waals surface area contributed by atoms with E-state index in [1.54, 1.807) is 7.11 Å². The highest BCUT2D eigenvalue weighted by Gasteiger charge is 2.06. The average Bonchev–Trinajstić information content (AvgIpc) is 2.39. The first-order valence-electron chi connectivity index (χ1n) is 7.40. The highest BCUT2D eigenvalue weighted by molar-refractivity contribution is 14.0.